The van der Waals surface area contributed by atoms with Gasteiger partial charge in [0.15, 0.2) is 6.10 Å². The molecule has 1 fully saturated rings. The average molecular weight is 378 g/mol. The molecular formula is C19H19N2NaO5. The molecule has 0 aliphatic carbocycles. The van der Waals surface area contributed by atoms with Crippen molar-refractivity contribution in [3.8, 4) is 0 Å². The van der Waals surface area contributed by atoms with Crippen molar-refractivity contribution in [2.75, 3.05) is 0 Å². The Morgan fingerprint density at radius 2 is 2.04 bits per heavy atom. The van der Waals surface area contributed by atoms with Gasteiger partial charge in [0, 0.05) is 11.5 Å². The molecule has 0 aromatic heterocycles. The zero-order chi connectivity index (χ0) is 18.6. The Morgan fingerprint density at radius 1 is 1.37 bits per heavy atom. The van der Waals surface area contributed by atoms with E-state index in [2.05, 4.69) is 5.16 Å². The zero-order valence-corrected chi connectivity index (χ0v) is 17.5. The Balaban J connectivity index is 0.00000210. The van der Waals surface area contributed by atoms with Crippen LogP contribution in [0.3, 0.4) is 0 Å². The monoisotopic (exact) mass is 378 g/mol. The zero-order valence-electron chi connectivity index (χ0n) is 15.5. The van der Waals surface area contributed by atoms with Crippen molar-refractivity contribution in [1.82, 2.24) is 4.90 Å². The summed E-state index contributed by atoms with van der Waals surface area (Å²) in [5.41, 5.74) is 2.04. The standard InChI is InChI=1S/C19H20N2O5.Na/c1-9-15(11-6-4-3-5-7-11)20-26-17(9)12-8-13-14(10(2)22)18(23)21(13)16(12)19(24)25;/h3-7,9-10,13-14,17,22H,8H2,1-2H3,(H,24,25);/q;+1/p-1/t9-,10-,13-,14-,17-;/m1./s1. The van der Waals surface area contributed by atoms with Crippen LogP contribution >= 0.6 is 0 Å². The van der Waals surface area contributed by atoms with E-state index in [1.165, 1.54) is 4.90 Å². The summed E-state index contributed by atoms with van der Waals surface area (Å²) in [6, 6.07) is 9.19. The van der Waals surface area contributed by atoms with Gasteiger partial charge in [-0.3, -0.25) is 4.79 Å². The predicted octanol–water partition coefficient (Wildman–Crippen LogP) is -2.95. The number of hydrogen-bond donors (Lipinski definition) is 1. The van der Waals surface area contributed by atoms with Crippen molar-refractivity contribution in [1.29, 1.82) is 0 Å². The molecule has 1 saturated heterocycles. The van der Waals surface area contributed by atoms with Crippen LogP contribution in [0, 0.1) is 11.8 Å². The van der Waals surface area contributed by atoms with Crippen LogP contribution < -0.4 is 34.7 Å². The summed E-state index contributed by atoms with van der Waals surface area (Å²) in [7, 11) is 0. The van der Waals surface area contributed by atoms with Gasteiger partial charge in [0.1, 0.15) is 0 Å². The van der Waals surface area contributed by atoms with Crippen molar-refractivity contribution >= 4 is 17.6 Å². The van der Waals surface area contributed by atoms with Crippen LogP contribution in [0.5, 0.6) is 0 Å². The molecule has 4 rings (SSSR count). The fourth-order valence-corrected chi connectivity index (χ4v) is 4.27. The first-order chi connectivity index (χ1) is 12.4. The topological polar surface area (TPSA) is 102 Å². The molecule has 1 N–H and O–H groups in total. The van der Waals surface area contributed by atoms with Gasteiger partial charge in [0.05, 0.1) is 35.4 Å². The number of aliphatic hydroxyl groups is 1. The van der Waals surface area contributed by atoms with Gasteiger partial charge in [-0.05, 0) is 18.9 Å². The van der Waals surface area contributed by atoms with E-state index in [0.717, 1.165) is 11.3 Å². The largest absolute Gasteiger partial charge is 1.00 e. The van der Waals surface area contributed by atoms with Crippen LogP contribution in [0.15, 0.2) is 46.8 Å². The van der Waals surface area contributed by atoms with Crippen LogP contribution in [-0.4, -0.2) is 45.8 Å². The number of carboxylic acids is 1. The van der Waals surface area contributed by atoms with E-state index in [4.69, 9.17) is 4.84 Å². The molecular weight excluding hydrogens is 359 g/mol. The molecule has 3 heterocycles. The molecule has 3 aliphatic heterocycles. The Bertz CT molecular complexity index is 836. The van der Waals surface area contributed by atoms with E-state index in [1.807, 2.05) is 37.3 Å². The maximum atomic E-state index is 12.3. The Hall–Kier alpha value is -1.67. The normalized spacial score (nSPS) is 30.1. The van der Waals surface area contributed by atoms with Crippen LogP contribution in [0.2, 0.25) is 0 Å². The molecule has 0 unspecified atom stereocenters. The minimum absolute atomic E-state index is 0. The molecule has 3 aliphatic rings. The van der Waals surface area contributed by atoms with Gasteiger partial charge in [0.25, 0.3) is 0 Å². The molecule has 8 heteroatoms. The smallest absolute Gasteiger partial charge is 0.543 e. The fraction of sp³-hybridized carbons (Fsp3) is 0.421. The van der Waals surface area contributed by atoms with Crippen LogP contribution in [0.25, 0.3) is 0 Å². The molecule has 0 saturated carbocycles. The predicted molar refractivity (Wildman–Crippen MR) is 89.5 cm³/mol. The molecule has 27 heavy (non-hydrogen) atoms. The number of benzene rings is 1. The summed E-state index contributed by atoms with van der Waals surface area (Å²) in [6.07, 6.45) is -1.05. The summed E-state index contributed by atoms with van der Waals surface area (Å²) < 4.78 is 0. The number of hydrogen-bond acceptors (Lipinski definition) is 6. The Labute approximate surface area is 179 Å². The average Bonchev–Trinajstić information content (AvgIpc) is 3.13. The number of β-lactam (4-membered cyclic amide) rings is 1. The first-order valence-corrected chi connectivity index (χ1v) is 8.66. The quantitative estimate of drug-likeness (QED) is 0.446. The number of carbonyl (C=O) groups is 2. The molecule has 1 amide bonds. The van der Waals surface area contributed by atoms with E-state index in [-0.39, 0.29) is 53.1 Å². The molecule has 0 radical (unpaired) electrons. The van der Waals surface area contributed by atoms with Crippen LogP contribution in [0.1, 0.15) is 25.8 Å². The molecule has 0 bridgehead atoms. The summed E-state index contributed by atoms with van der Waals surface area (Å²) >= 11 is 0. The van der Waals surface area contributed by atoms with Gasteiger partial charge in [0.2, 0.25) is 5.91 Å². The third-order valence-electron chi connectivity index (χ3n) is 5.52. The van der Waals surface area contributed by atoms with E-state index in [1.54, 1.807) is 6.92 Å². The number of aliphatic carboxylic acids is 1. The number of rotatable bonds is 4. The van der Waals surface area contributed by atoms with Crippen molar-refractivity contribution in [3.05, 3.63) is 47.2 Å². The molecule has 7 nitrogen and oxygen atoms in total. The van der Waals surface area contributed by atoms with E-state index in [0.29, 0.717) is 12.0 Å². The Kier molecular flexibility index (Phi) is 5.49. The number of fused-ring (bicyclic) bond motifs is 1. The molecule has 1 aromatic carbocycles. The maximum Gasteiger partial charge on any atom is 1.00 e. The molecule has 1 aromatic rings. The first-order valence-electron chi connectivity index (χ1n) is 8.66. The van der Waals surface area contributed by atoms with Gasteiger partial charge >= 0.3 is 29.6 Å². The summed E-state index contributed by atoms with van der Waals surface area (Å²) in [5.74, 6) is -2.54. The molecule has 0 spiro atoms. The molecule has 5 atom stereocenters. The van der Waals surface area contributed by atoms with Crippen LogP contribution in [0.4, 0.5) is 0 Å². The Morgan fingerprint density at radius 3 is 2.63 bits per heavy atom. The number of aliphatic hydroxyl groups excluding tert-OH is 1. The minimum Gasteiger partial charge on any atom is -0.543 e. The number of nitrogens with zero attached hydrogens (tertiary/aromatic N) is 2. The maximum absolute atomic E-state index is 12.3. The summed E-state index contributed by atoms with van der Waals surface area (Å²) in [4.78, 5) is 30.8. The van der Waals surface area contributed by atoms with E-state index in [9.17, 15) is 19.8 Å². The van der Waals surface area contributed by atoms with Crippen molar-refractivity contribution in [2.24, 2.45) is 17.0 Å². The van der Waals surface area contributed by atoms with Crippen molar-refractivity contribution in [3.63, 3.8) is 0 Å². The van der Waals surface area contributed by atoms with Crippen molar-refractivity contribution < 1.29 is 54.2 Å². The summed E-state index contributed by atoms with van der Waals surface area (Å²) in [5, 5.41) is 25.7. The number of oxime groups is 1. The number of amides is 1. The third-order valence-corrected chi connectivity index (χ3v) is 5.52. The van der Waals surface area contributed by atoms with Gasteiger partial charge in [-0.2, -0.15) is 0 Å². The van der Waals surface area contributed by atoms with Gasteiger partial charge in [-0.25, -0.2) is 0 Å². The van der Waals surface area contributed by atoms with Crippen molar-refractivity contribution in [2.45, 2.75) is 38.5 Å². The van der Waals surface area contributed by atoms with Gasteiger partial charge in [-0.15, -0.1) is 0 Å². The first kappa shape index (κ1) is 20.1. The second kappa shape index (κ2) is 7.39. The minimum atomic E-state index is -1.40. The fourth-order valence-electron chi connectivity index (χ4n) is 4.27. The third kappa shape index (κ3) is 3.02. The van der Waals surface area contributed by atoms with Gasteiger partial charge in [-0.1, -0.05) is 42.4 Å². The number of carbonyl (C=O) groups excluding carboxylic acids is 2. The molecule has 136 valence electrons. The van der Waals surface area contributed by atoms with Crippen LogP contribution in [-0.2, 0) is 14.4 Å². The van der Waals surface area contributed by atoms with E-state index < -0.39 is 24.1 Å². The van der Waals surface area contributed by atoms with E-state index >= 15 is 0 Å². The summed E-state index contributed by atoms with van der Waals surface area (Å²) in [6.45, 7) is 3.47. The SMILES string of the molecule is C[C@@H]1C(c2ccccc2)=NO[C@H]1C1=C(C(=O)[O-])N2C(=O)[C@H]([C@@H](C)O)[C@H]2C1.[Na+]. The second-order valence-corrected chi connectivity index (χ2v) is 7.06. The number of carboxylic acid groups (broad SMARTS) is 1. The van der Waals surface area contributed by atoms with Gasteiger partial charge < -0.3 is 24.7 Å². The second-order valence-electron chi connectivity index (χ2n) is 7.06.